The summed E-state index contributed by atoms with van der Waals surface area (Å²) in [5.41, 5.74) is 7.51. The minimum Gasteiger partial charge on any atom is -0.0622 e. The lowest BCUT2D eigenvalue weighted by Gasteiger charge is -2.16. The highest BCUT2D eigenvalue weighted by atomic mass is 14.2. The van der Waals surface area contributed by atoms with E-state index < -0.39 is 0 Å². The average molecular weight is 557 g/mol. The van der Waals surface area contributed by atoms with Crippen molar-refractivity contribution < 1.29 is 0 Å². The Bertz CT molecular complexity index is 2510. The normalized spacial score (nSPS) is 11.6. The Balaban J connectivity index is 1.30. The van der Waals surface area contributed by atoms with E-state index in [0.29, 0.717) is 0 Å². The van der Waals surface area contributed by atoms with Crippen molar-refractivity contribution in [1.82, 2.24) is 0 Å². The standard InChI is InChI=1S/C44H28/c1-2-11-30(12-3-1)41-25-31-14-4-5-15-32(31)26-42(41)34-22-24-40-39-23-21-33(36-20-10-16-29-13-6-7-17-35(29)36)27-43(39)37-18-8-9-19-38(37)44(40)28-34/h1-28H. The molecule has 0 aromatic heterocycles. The molecule has 0 heteroatoms. The molecule has 0 aliphatic rings. The summed E-state index contributed by atoms with van der Waals surface area (Å²) in [4.78, 5) is 0. The molecule has 9 rings (SSSR count). The van der Waals surface area contributed by atoms with E-state index in [0.717, 1.165) is 0 Å². The van der Waals surface area contributed by atoms with Gasteiger partial charge in [-0.25, -0.2) is 0 Å². The van der Waals surface area contributed by atoms with Crippen molar-refractivity contribution in [2.24, 2.45) is 0 Å². The largest absolute Gasteiger partial charge is 0.0622 e. The fourth-order valence-electron chi connectivity index (χ4n) is 7.10. The molecule has 0 aliphatic heterocycles. The average Bonchev–Trinajstić information content (AvgIpc) is 3.11. The van der Waals surface area contributed by atoms with E-state index in [9.17, 15) is 0 Å². The molecular weight excluding hydrogens is 528 g/mol. The third kappa shape index (κ3) is 3.92. The number of benzene rings is 9. The summed E-state index contributed by atoms with van der Waals surface area (Å²) in [6.07, 6.45) is 0. The van der Waals surface area contributed by atoms with Gasteiger partial charge in [-0.3, -0.25) is 0 Å². The first-order valence-corrected chi connectivity index (χ1v) is 15.3. The molecule has 0 atom stereocenters. The van der Waals surface area contributed by atoms with E-state index in [4.69, 9.17) is 0 Å². The van der Waals surface area contributed by atoms with Crippen molar-refractivity contribution in [2.75, 3.05) is 0 Å². The van der Waals surface area contributed by atoms with Crippen LogP contribution in [0.5, 0.6) is 0 Å². The highest BCUT2D eigenvalue weighted by Crippen LogP contribution is 2.42. The Morgan fingerprint density at radius 1 is 0.205 bits per heavy atom. The molecule has 0 bridgehead atoms. The van der Waals surface area contributed by atoms with Gasteiger partial charge in [0.05, 0.1) is 0 Å². The molecule has 9 aromatic carbocycles. The molecule has 0 heterocycles. The van der Waals surface area contributed by atoms with Gasteiger partial charge in [-0.15, -0.1) is 0 Å². The Morgan fingerprint density at radius 2 is 0.659 bits per heavy atom. The molecule has 0 aliphatic carbocycles. The van der Waals surface area contributed by atoms with Crippen molar-refractivity contribution >= 4 is 53.9 Å². The maximum atomic E-state index is 2.41. The monoisotopic (exact) mass is 556 g/mol. The highest BCUT2D eigenvalue weighted by molar-refractivity contribution is 6.26. The first-order valence-electron chi connectivity index (χ1n) is 15.3. The van der Waals surface area contributed by atoms with Gasteiger partial charge in [0.25, 0.3) is 0 Å². The topological polar surface area (TPSA) is 0 Å². The van der Waals surface area contributed by atoms with Crippen LogP contribution in [0.1, 0.15) is 0 Å². The summed E-state index contributed by atoms with van der Waals surface area (Å²) in [6.45, 7) is 0. The van der Waals surface area contributed by atoms with Gasteiger partial charge in [0.2, 0.25) is 0 Å². The quantitative estimate of drug-likeness (QED) is 0.190. The van der Waals surface area contributed by atoms with Gasteiger partial charge in [-0.2, -0.15) is 0 Å². The van der Waals surface area contributed by atoms with Crippen molar-refractivity contribution in [3.63, 3.8) is 0 Å². The Morgan fingerprint density at radius 3 is 1.30 bits per heavy atom. The molecule has 0 nitrogen and oxygen atoms in total. The predicted molar refractivity (Wildman–Crippen MR) is 190 cm³/mol. The smallest absolute Gasteiger partial charge is 0.00928 e. The highest BCUT2D eigenvalue weighted by Gasteiger charge is 2.14. The van der Waals surface area contributed by atoms with Gasteiger partial charge < -0.3 is 0 Å². The third-order valence-corrected chi connectivity index (χ3v) is 9.22. The van der Waals surface area contributed by atoms with Crippen LogP contribution in [0.15, 0.2) is 170 Å². The Hall–Kier alpha value is -5.72. The lowest BCUT2D eigenvalue weighted by molar-refractivity contribution is 1.62. The van der Waals surface area contributed by atoms with E-state index in [-0.39, 0.29) is 0 Å². The maximum absolute atomic E-state index is 2.41. The zero-order chi connectivity index (χ0) is 29.0. The summed E-state index contributed by atoms with van der Waals surface area (Å²) >= 11 is 0. The molecule has 0 radical (unpaired) electrons. The van der Waals surface area contributed by atoms with Crippen LogP contribution in [0.3, 0.4) is 0 Å². The Labute approximate surface area is 256 Å². The van der Waals surface area contributed by atoms with Crippen LogP contribution in [0.2, 0.25) is 0 Å². The van der Waals surface area contributed by atoms with Crippen molar-refractivity contribution in [1.29, 1.82) is 0 Å². The van der Waals surface area contributed by atoms with Crippen LogP contribution >= 0.6 is 0 Å². The van der Waals surface area contributed by atoms with E-state index in [1.165, 1.54) is 87.2 Å². The van der Waals surface area contributed by atoms with E-state index in [1.807, 2.05) is 0 Å². The Kier molecular flexibility index (Phi) is 5.61. The zero-order valence-corrected chi connectivity index (χ0v) is 24.2. The van der Waals surface area contributed by atoms with Gasteiger partial charge in [0.1, 0.15) is 0 Å². The zero-order valence-electron chi connectivity index (χ0n) is 24.2. The fraction of sp³-hybridized carbons (Fsp3) is 0. The van der Waals surface area contributed by atoms with Crippen molar-refractivity contribution in [3.05, 3.63) is 170 Å². The van der Waals surface area contributed by atoms with Crippen molar-refractivity contribution in [2.45, 2.75) is 0 Å². The summed E-state index contributed by atoms with van der Waals surface area (Å²) < 4.78 is 0. The molecule has 9 aromatic rings. The van der Waals surface area contributed by atoms with Crippen LogP contribution in [-0.4, -0.2) is 0 Å². The maximum Gasteiger partial charge on any atom is -0.00928 e. The molecule has 0 saturated heterocycles. The molecule has 0 saturated carbocycles. The van der Waals surface area contributed by atoms with Crippen LogP contribution in [0, 0.1) is 0 Å². The number of fused-ring (bicyclic) bond motifs is 8. The van der Waals surface area contributed by atoms with Gasteiger partial charge in [-0.05, 0) is 112 Å². The molecule has 0 amide bonds. The number of rotatable bonds is 3. The van der Waals surface area contributed by atoms with Crippen LogP contribution in [-0.2, 0) is 0 Å². The molecule has 0 spiro atoms. The van der Waals surface area contributed by atoms with Gasteiger partial charge in [0.15, 0.2) is 0 Å². The molecule has 204 valence electrons. The molecule has 0 unspecified atom stereocenters. The van der Waals surface area contributed by atoms with E-state index >= 15 is 0 Å². The molecule has 0 fully saturated rings. The summed E-state index contributed by atoms with van der Waals surface area (Å²) in [7, 11) is 0. The predicted octanol–water partition coefficient (Wildman–Crippen LogP) is 12.5. The lowest BCUT2D eigenvalue weighted by atomic mass is 9.87. The molecule has 44 heavy (non-hydrogen) atoms. The second-order valence-corrected chi connectivity index (χ2v) is 11.7. The molecular formula is C44H28. The van der Waals surface area contributed by atoms with Gasteiger partial charge in [-0.1, -0.05) is 146 Å². The van der Waals surface area contributed by atoms with Crippen LogP contribution in [0.25, 0.3) is 87.2 Å². The summed E-state index contributed by atoms with van der Waals surface area (Å²) in [6, 6.07) is 62.4. The van der Waals surface area contributed by atoms with Crippen LogP contribution < -0.4 is 0 Å². The first-order chi connectivity index (χ1) is 21.8. The lowest BCUT2D eigenvalue weighted by Crippen LogP contribution is -1.89. The first kappa shape index (κ1) is 24.8. The third-order valence-electron chi connectivity index (χ3n) is 9.22. The second kappa shape index (κ2) is 9.93. The number of hydrogen-bond acceptors (Lipinski definition) is 0. The second-order valence-electron chi connectivity index (χ2n) is 11.7. The van der Waals surface area contributed by atoms with Crippen molar-refractivity contribution in [3.8, 4) is 33.4 Å². The SMILES string of the molecule is c1ccc(-c2cc3ccccc3cc2-c2ccc3c4ccc(-c5cccc6ccccc56)cc4c4ccccc4c3c2)cc1. The van der Waals surface area contributed by atoms with Crippen LogP contribution in [0.4, 0.5) is 0 Å². The van der Waals surface area contributed by atoms with Gasteiger partial charge in [0, 0.05) is 0 Å². The minimum absolute atomic E-state index is 1.23. The summed E-state index contributed by atoms with van der Waals surface area (Å²) in [5, 5.41) is 12.8. The summed E-state index contributed by atoms with van der Waals surface area (Å²) in [5.74, 6) is 0. The van der Waals surface area contributed by atoms with E-state index in [1.54, 1.807) is 0 Å². The van der Waals surface area contributed by atoms with E-state index in [2.05, 4.69) is 170 Å². The van der Waals surface area contributed by atoms with Gasteiger partial charge >= 0.3 is 0 Å². The molecule has 0 N–H and O–H groups in total. The minimum atomic E-state index is 1.23. The fourth-order valence-corrected chi connectivity index (χ4v) is 7.10. The number of hydrogen-bond donors (Lipinski definition) is 0.